The van der Waals surface area contributed by atoms with E-state index in [1.165, 1.54) is 51.4 Å². The standard InChI is InChI=1S/C52H89NO13/c1-3-5-7-9-11-12-13-14-15-16-17-18-19-20-21-22-23-24-25-26-27-28-30-32-34-36-44(57)53-40(41(56)35-33-31-29-10-8-6-4-2)39-63-51-49(62)47(60)50(43(38-55)65-51)66-52-48(61)46(59)45(58)42(37-54)64-52/h5,7-8,10-12,14-15,17-18,33,35,40-43,45-52,54-56,58-62H,3-4,6,9,13,16,19-32,34,36-39H2,1-2H3,(H,53,57)/b7-5-,10-8+,12-11-,15-14-,18-17-,35-33+. The molecule has 0 aromatic rings. The Bertz CT molecular complexity index is 1380. The summed E-state index contributed by atoms with van der Waals surface area (Å²) in [5.74, 6) is -0.261. The van der Waals surface area contributed by atoms with Crippen LogP contribution in [0, 0.1) is 0 Å². The van der Waals surface area contributed by atoms with Crippen molar-refractivity contribution < 1.29 is 64.6 Å². The lowest BCUT2D eigenvalue weighted by molar-refractivity contribution is -0.359. The number of carbonyl (C=O) groups is 1. The molecule has 380 valence electrons. The first-order valence-electron chi connectivity index (χ1n) is 25.2. The summed E-state index contributed by atoms with van der Waals surface area (Å²) in [4.78, 5) is 13.1. The lowest BCUT2D eigenvalue weighted by Crippen LogP contribution is -2.65. The van der Waals surface area contributed by atoms with Gasteiger partial charge in [-0.05, 0) is 64.2 Å². The number of hydrogen-bond acceptors (Lipinski definition) is 13. The maximum absolute atomic E-state index is 13.1. The van der Waals surface area contributed by atoms with Crippen molar-refractivity contribution in [3.05, 3.63) is 72.9 Å². The van der Waals surface area contributed by atoms with Crippen LogP contribution in [0.3, 0.4) is 0 Å². The molecule has 9 N–H and O–H groups in total. The number of aliphatic hydroxyl groups is 8. The van der Waals surface area contributed by atoms with Gasteiger partial charge in [-0.3, -0.25) is 4.79 Å². The maximum atomic E-state index is 13.1. The molecule has 0 bridgehead atoms. The average molecular weight is 936 g/mol. The van der Waals surface area contributed by atoms with Crippen LogP contribution in [0.25, 0.3) is 0 Å². The summed E-state index contributed by atoms with van der Waals surface area (Å²) in [7, 11) is 0. The van der Waals surface area contributed by atoms with Gasteiger partial charge < -0.3 is 65.1 Å². The Balaban J connectivity index is 1.71. The highest BCUT2D eigenvalue weighted by Crippen LogP contribution is 2.30. The van der Waals surface area contributed by atoms with E-state index in [9.17, 15) is 45.6 Å². The summed E-state index contributed by atoms with van der Waals surface area (Å²) in [6.07, 6.45) is 31.3. The zero-order valence-corrected chi connectivity index (χ0v) is 40.2. The minimum atomic E-state index is -1.79. The van der Waals surface area contributed by atoms with Crippen LogP contribution in [0.5, 0.6) is 0 Å². The van der Waals surface area contributed by atoms with Crippen molar-refractivity contribution in [2.45, 2.75) is 229 Å². The topological polar surface area (TPSA) is 228 Å². The zero-order chi connectivity index (χ0) is 48.2. The van der Waals surface area contributed by atoms with E-state index in [-0.39, 0.29) is 18.9 Å². The van der Waals surface area contributed by atoms with E-state index in [0.717, 1.165) is 70.6 Å². The summed E-state index contributed by atoms with van der Waals surface area (Å²) in [6, 6.07) is -0.932. The molecule has 2 heterocycles. The molecule has 0 saturated carbocycles. The third-order valence-electron chi connectivity index (χ3n) is 11.9. The molecule has 2 rings (SSSR count). The van der Waals surface area contributed by atoms with Gasteiger partial charge in [0, 0.05) is 6.42 Å². The molecular weight excluding hydrogens is 847 g/mol. The van der Waals surface area contributed by atoms with Crippen LogP contribution in [-0.4, -0.2) is 140 Å². The second-order valence-electron chi connectivity index (χ2n) is 17.6. The first kappa shape index (κ1) is 59.6. The normalized spacial score (nSPS) is 27.4. The summed E-state index contributed by atoms with van der Waals surface area (Å²) in [5.41, 5.74) is 0. The molecule has 1 amide bonds. The SMILES string of the molecule is CC/C=C\C/C=C\C/C=C\C/C=C\CCCCCCCCCCCCCCC(=O)NC(COC1OC(CO)C(OC2OC(CO)C(O)C(O)C2O)C(O)C1O)C(O)/C=C/CC/C=C/CCC. The summed E-state index contributed by atoms with van der Waals surface area (Å²) < 4.78 is 22.6. The third kappa shape index (κ3) is 25.2. The highest BCUT2D eigenvalue weighted by molar-refractivity contribution is 5.76. The quantitative estimate of drug-likeness (QED) is 0.0242. The number of allylic oxidation sites excluding steroid dienone is 11. The minimum absolute atomic E-state index is 0.261. The number of unbranched alkanes of at least 4 members (excludes halogenated alkanes) is 14. The molecule has 0 aromatic carbocycles. The number of amides is 1. The highest BCUT2D eigenvalue weighted by Gasteiger charge is 2.51. The van der Waals surface area contributed by atoms with Crippen molar-refractivity contribution in [1.29, 1.82) is 0 Å². The van der Waals surface area contributed by atoms with E-state index in [1.54, 1.807) is 6.08 Å². The van der Waals surface area contributed by atoms with Gasteiger partial charge in [0.25, 0.3) is 0 Å². The molecule has 2 saturated heterocycles. The van der Waals surface area contributed by atoms with Crippen molar-refractivity contribution in [2.75, 3.05) is 19.8 Å². The Morgan fingerprint density at radius 3 is 1.65 bits per heavy atom. The number of carbonyl (C=O) groups excluding carboxylic acids is 1. The molecule has 0 aromatic heterocycles. The second kappa shape index (κ2) is 38.3. The van der Waals surface area contributed by atoms with E-state index >= 15 is 0 Å². The molecule has 14 nitrogen and oxygen atoms in total. The van der Waals surface area contributed by atoms with Crippen LogP contribution < -0.4 is 5.32 Å². The molecule has 2 aliphatic heterocycles. The maximum Gasteiger partial charge on any atom is 0.220 e. The van der Waals surface area contributed by atoms with Crippen molar-refractivity contribution >= 4 is 5.91 Å². The van der Waals surface area contributed by atoms with Gasteiger partial charge in [-0.25, -0.2) is 0 Å². The number of nitrogens with one attached hydrogen (secondary N) is 1. The molecule has 2 aliphatic rings. The molecule has 14 heteroatoms. The average Bonchev–Trinajstić information content (AvgIpc) is 3.31. The minimum Gasteiger partial charge on any atom is -0.394 e. The molecule has 0 aliphatic carbocycles. The molecular formula is C52H89NO13. The number of ether oxygens (including phenoxy) is 4. The number of hydrogen-bond donors (Lipinski definition) is 9. The molecule has 0 spiro atoms. The second-order valence-corrected chi connectivity index (χ2v) is 17.6. The Kier molecular flexibility index (Phi) is 34.6. The summed E-state index contributed by atoms with van der Waals surface area (Å²) >= 11 is 0. The lowest BCUT2D eigenvalue weighted by Gasteiger charge is -2.46. The van der Waals surface area contributed by atoms with Crippen LogP contribution in [0.1, 0.15) is 155 Å². The van der Waals surface area contributed by atoms with Gasteiger partial charge in [-0.2, -0.15) is 0 Å². The van der Waals surface area contributed by atoms with E-state index in [0.29, 0.717) is 12.8 Å². The Hall–Kier alpha value is -2.57. The first-order chi connectivity index (χ1) is 32.1. The predicted octanol–water partition coefficient (Wildman–Crippen LogP) is 6.43. The molecule has 12 atom stereocenters. The fraction of sp³-hybridized carbons (Fsp3) is 0.750. The number of aliphatic hydroxyl groups excluding tert-OH is 8. The van der Waals surface area contributed by atoms with Crippen LogP contribution in [0.15, 0.2) is 72.9 Å². The molecule has 2 fully saturated rings. The van der Waals surface area contributed by atoms with Crippen LogP contribution >= 0.6 is 0 Å². The third-order valence-corrected chi connectivity index (χ3v) is 11.9. The van der Waals surface area contributed by atoms with Crippen molar-refractivity contribution in [3.8, 4) is 0 Å². The molecule has 12 unspecified atom stereocenters. The monoisotopic (exact) mass is 936 g/mol. The van der Waals surface area contributed by atoms with Gasteiger partial charge >= 0.3 is 0 Å². The van der Waals surface area contributed by atoms with Crippen molar-refractivity contribution in [1.82, 2.24) is 5.32 Å². The summed E-state index contributed by atoms with van der Waals surface area (Å²) in [5, 5.41) is 86.3. The van der Waals surface area contributed by atoms with Gasteiger partial charge in [0.2, 0.25) is 5.91 Å². The largest absolute Gasteiger partial charge is 0.394 e. The van der Waals surface area contributed by atoms with Crippen molar-refractivity contribution in [3.63, 3.8) is 0 Å². The van der Waals surface area contributed by atoms with E-state index in [4.69, 9.17) is 18.9 Å². The Morgan fingerprint density at radius 2 is 1.06 bits per heavy atom. The lowest BCUT2D eigenvalue weighted by atomic mass is 9.97. The van der Waals surface area contributed by atoms with E-state index in [2.05, 4.69) is 79.9 Å². The van der Waals surface area contributed by atoms with Crippen molar-refractivity contribution in [2.24, 2.45) is 0 Å². The van der Waals surface area contributed by atoms with Gasteiger partial charge in [-0.1, -0.05) is 157 Å². The molecule has 66 heavy (non-hydrogen) atoms. The Labute approximate surface area is 396 Å². The van der Waals surface area contributed by atoms with Crippen LogP contribution in [0.2, 0.25) is 0 Å². The van der Waals surface area contributed by atoms with Gasteiger partial charge in [0.15, 0.2) is 12.6 Å². The predicted molar refractivity (Wildman–Crippen MR) is 258 cm³/mol. The van der Waals surface area contributed by atoms with Crippen LogP contribution in [-0.2, 0) is 23.7 Å². The first-order valence-corrected chi connectivity index (χ1v) is 25.2. The smallest absolute Gasteiger partial charge is 0.220 e. The van der Waals surface area contributed by atoms with Gasteiger partial charge in [-0.15, -0.1) is 0 Å². The van der Waals surface area contributed by atoms with Gasteiger partial charge in [0.05, 0.1) is 32.0 Å². The fourth-order valence-electron chi connectivity index (χ4n) is 7.77. The molecule has 0 radical (unpaired) electrons. The van der Waals surface area contributed by atoms with Gasteiger partial charge in [0.1, 0.15) is 48.8 Å². The zero-order valence-electron chi connectivity index (χ0n) is 40.2. The summed E-state index contributed by atoms with van der Waals surface area (Å²) in [6.45, 7) is 2.51. The fourth-order valence-corrected chi connectivity index (χ4v) is 7.77. The number of rotatable bonds is 37. The van der Waals surface area contributed by atoms with E-state index in [1.807, 2.05) is 6.08 Å². The highest BCUT2D eigenvalue weighted by atomic mass is 16.7. The van der Waals surface area contributed by atoms with E-state index < -0.39 is 86.8 Å². The Morgan fingerprint density at radius 1 is 0.561 bits per heavy atom. The van der Waals surface area contributed by atoms with Crippen LogP contribution in [0.4, 0.5) is 0 Å².